The van der Waals surface area contributed by atoms with E-state index < -0.39 is 0 Å². The summed E-state index contributed by atoms with van der Waals surface area (Å²) in [5.41, 5.74) is 3.43. The molecule has 0 aliphatic carbocycles. The molecular weight excluding hydrogens is 479 g/mol. The fourth-order valence-electron chi connectivity index (χ4n) is 2.66. The summed E-state index contributed by atoms with van der Waals surface area (Å²) >= 11 is 0. The molecule has 1 heterocycles. The summed E-state index contributed by atoms with van der Waals surface area (Å²) in [5, 5.41) is 6.67. The first-order chi connectivity index (χ1) is 13.7. The zero-order valence-electron chi connectivity index (χ0n) is 17.6. The van der Waals surface area contributed by atoms with E-state index in [2.05, 4.69) is 53.7 Å². The summed E-state index contributed by atoms with van der Waals surface area (Å²) in [7, 11) is 0. The molecular formula is C22H33IN4O2. The maximum Gasteiger partial charge on any atom is 0.191 e. The van der Waals surface area contributed by atoms with Gasteiger partial charge in [-0.2, -0.15) is 0 Å². The van der Waals surface area contributed by atoms with Crippen LogP contribution in [0, 0.1) is 6.92 Å². The molecule has 0 bridgehead atoms. The summed E-state index contributed by atoms with van der Waals surface area (Å²) in [6.07, 6.45) is 4.58. The lowest BCUT2D eigenvalue weighted by Crippen LogP contribution is -2.38. The maximum atomic E-state index is 5.91. The van der Waals surface area contributed by atoms with Crippen molar-refractivity contribution in [2.45, 2.75) is 33.7 Å². The average Bonchev–Trinajstić information content (AvgIpc) is 2.71. The minimum atomic E-state index is 0. The molecule has 0 aliphatic heterocycles. The van der Waals surface area contributed by atoms with E-state index in [1.807, 2.05) is 19.2 Å². The number of hydrogen-bond acceptors (Lipinski definition) is 4. The van der Waals surface area contributed by atoms with Crippen molar-refractivity contribution in [2.75, 3.05) is 32.9 Å². The highest BCUT2D eigenvalue weighted by atomic mass is 127. The fraction of sp³-hybridized carbons (Fsp3) is 0.455. The number of benzene rings is 1. The smallest absolute Gasteiger partial charge is 0.191 e. The van der Waals surface area contributed by atoms with Crippen LogP contribution in [0.2, 0.25) is 0 Å². The number of pyridine rings is 1. The Morgan fingerprint density at radius 3 is 2.72 bits per heavy atom. The van der Waals surface area contributed by atoms with Crippen LogP contribution in [0.1, 0.15) is 30.5 Å². The Bertz CT molecular complexity index is 726. The fourth-order valence-corrected chi connectivity index (χ4v) is 2.66. The van der Waals surface area contributed by atoms with E-state index in [-0.39, 0.29) is 24.0 Å². The van der Waals surface area contributed by atoms with Gasteiger partial charge in [0.1, 0.15) is 12.4 Å². The van der Waals surface area contributed by atoms with Gasteiger partial charge in [-0.05, 0) is 50.5 Å². The minimum Gasteiger partial charge on any atom is -0.491 e. The predicted octanol–water partition coefficient (Wildman–Crippen LogP) is 3.72. The predicted molar refractivity (Wildman–Crippen MR) is 129 cm³/mol. The molecule has 2 N–H and O–H groups in total. The molecule has 0 radical (unpaired) electrons. The summed E-state index contributed by atoms with van der Waals surface area (Å²) in [4.78, 5) is 8.87. The molecule has 0 fully saturated rings. The molecule has 0 amide bonds. The van der Waals surface area contributed by atoms with Crippen LogP contribution in [-0.4, -0.2) is 43.9 Å². The van der Waals surface area contributed by atoms with E-state index in [1.165, 1.54) is 11.1 Å². The number of ether oxygens (including phenoxy) is 2. The number of aromatic nitrogens is 1. The third kappa shape index (κ3) is 9.94. The largest absolute Gasteiger partial charge is 0.491 e. The van der Waals surface area contributed by atoms with Gasteiger partial charge in [-0.3, -0.25) is 4.98 Å². The van der Waals surface area contributed by atoms with Crippen molar-refractivity contribution >= 4 is 29.9 Å². The average molecular weight is 512 g/mol. The van der Waals surface area contributed by atoms with Gasteiger partial charge in [0.25, 0.3) is 0 Å². The standard InChI is InChI=1S/C22H32N4O2.HI/c1-4-24-22(25-12-10-19-7-6-11-23-16-19)26-17-20-9-8-18(3)15-21(20)28-14-13-27-5-2;/h6-9,11,15-16H,4-5,10,12-14,17H2,1-3H3,(H2,24,25,26);1H. The number of rotatable bonds is 11. The monoisotopic (exact) mass is 512 g/mol. The molecule has 0 unspecified atom stereocenters. The van der Waals surface area contributed by atoms with E-state index in [0.717, 1.165) is 36.8 Å². The SMILES string of the molecule is CCNC(=NCc1ccc(C)cc1OCCOCC)NCCc1cccnc1.I. The lowest BCUT2D eigenvalue weighted by atomic mass is 10.1. The number of nitrogens with zero attached hydrogens (tertiary/aromatic N) is 2. The lowest BCUT2D eigenvalue weighted by Gasteiger charge is -2.14. The van der Waals surface area contributed by atoms with Crippen LogP contribution in [0.3, 0.4) is 0 Å². The van der Waals surface area contributed by atoms with Crippen LogP contribution in [0.5, 0.6) is 5.75 Å². The van der Waals surface area contributed by atoms with Gasteiger partial charge >= 0.3 is 0 Å². The normalized spacial score (nSPS) is 10.9. The molecule has 1 aromatic heterocycles. The molecule has 0 saturated carbocycles. The summed E-state index contributed by atoms with van der Waals surface area (Å²) in [5.74, 6) is 1.67. The maximum absolute atomic E-state index is 5.91. The van der Waals surface area contributed by atoms with Crippen LogP contribution in [0.4, 0.5) is 0 Å². The van der Waals surface area contributed by atoms with Gasteiger partial charge < -0.3 is 20.1 Å². The van der Waals surface area contributed by atoms with Gasteiger partial charge in [0.05, 0.1) is 13.2 Å². The minimum absolute atomic E-state index is 0. The third-order valence-electron chi connectivity index (χ3n) is 4.09. The van der Waals surface area contributed by atoms with Crippen molar-refractivity contribution in [1.82, 2.24) is 15.6 Å². The Balaban J connectivity index is 0.00000420. The van der Waals surface area contributed by atoms with Crippen LogP contribution < -0.4 is 15.4 Å². The summed E-state index contributed by atoms with van der Waals surface area (Å²) in [6, 6.07) is 10.3. The summed E-state index contributed by atoms with van der Waals surface area (Å²) in [6.45, 7) is 10.1. The lowest BCUT2D eigenvalue weighted by molar-refractivity contribution is 0.110. The molecule has 160 valence electrons. The molecule has 2 aromatic rings. The molecule has 0 saturated heterocycles. The molecule has 0 aliphatic rings. The quantitative estimate of drug-likeness (QED) is 0.208. The number of nitrogens with one attached hydrogen (secondary N) is 2. The highest BCUT2D eigenvalue weighted by molar-refractivity contribution is 14.0. The second-order valence-electron chi connectivity index (χ2n) is 6.39. The Morgan fingerprint density at radius 1 is 1.14 bits per heavy atom. The highest BCUT2D eigenvalue weighted by Crippen LogP contribution is 2.21. The number of aliphatic imine (C=N–C) groups is 1. The Kier molecular flexibility index (Phi) is 13.0. The van der Waals surface area contributed by atoms with Crippen LogP contribution in [0.25, 0.3) is 0 Å². The zero-order valence-corrected chi connectivity index (χ0v) is 19.9. The van der Waals surface area contributed by atoms with Crippen LogP contribution in [-0.2, 0) is 17.7 Å². The molecule has 6 nitrogen and oxygen atoms in total. The van der Waals surface area contributed by atoms with Crippen LogP contribution in [0.15, 0.2) is 47.7 Å². The molecule has 1 aromatic carbocycles. The zero-order chi connectivity index (χ0) is 20.0. The van der Waals surface area contributed by atoms with E-state index in [9.17, 15) is 0 Å². The van der Waals surface area contributed by atoms with E-state index in [1.54, 1.807) is 6.20 Å². The second kappa shape index (κ2) is 15.0. The van der Waals surface area contributed by atoms with Crippen molar-refractivity contribution in [3.63, 3.8) is 0 Å². The van der Waals surface area contributed by atoms with Gasteiger partial charge in [-0.1, -0.05) is 18.2 Å². The first kappa shape index (κ1) is 25.2. The Morgan fingerprint density at radius 2 is 2.00 bits per heavy atom. The van der Waals surface area contributed by atoms with Gasteiger partial charge in [-0.25, -0.2) is 4.99 Å². The second-order valence-corrected chi connectivity index (χ2v) is 6.39. The molecule has 0 spiro atoms. The number of hydrogen-bond donors (Lipinski definition) is 2. The van der Waals surface area contributed by atoms with Crippen molar-refractivity contribution in [1.29, 1.82) is 0 Å². The van der Waals surface area contributed by atoms with Crippen LogP contribution >= 0.6 is 24.0 Å². The van der Waals surface area contributed by atoms with E-state index >= 15 is 0 Å². The topological polar surface area (TPSA) is 67.8 Å². The van der Waals surface area contributed by atoms with Crippen molar-refractivity contribution in [2.24, 2.45) is 4.99 Å². The Labute approximate surface area is 191 Å². The highest BCUT2D eigenvalue weighted by Gasteiger charge is 2.05. The van der Waals surface area contributed by atoms with E-state index in [0.29, 0.717) is 26.4 Å². The summed E-state index contributed by atoms with van der Waals surface area (Å²) < 4.78 is 11.3. The number of halogens is 1. The van der Waals surface area contributed by atoms with Crippen molar-refractivity contribution < 1.29 is 9.47 Å². The van der Waals surface area contributed by atoms with Crippen molar-refractivity contribution in [3.8, 4) is 5.75 Å². The van der Waals surface area contributed by atoms with E-state index in [4.69, 9.17) is 14.5 Å². The van der Waals surface area contributed by atoms with Gasteiger partial charge in [0.2, 0.25) is 0 Å². The molecule has 7 heteroatoms. The number of guanidine groups is 1. The third-order valence-corrected chi connectivity index (χ3v) is 4.09. The first-order valence-electron chi connectivity index (χ1n) is 9.94. The van der Waals surface area contributed by atoms with Gasteiger partial charge in [0.15, 0.2) is 5.96 Å². The number of aryl methyl sites for hydroxylation is 1. The molecule has 0 atom stereocenters. The Hall–Kier alpha value is -1.87. The molecule has 2 rings (SSSR count). The van der Waals surface area contributed by atoms with Crippen molar-refractivity contribution in [3.05, 3.63) is 59.4 Å². The molecule has 29 heavy (non-hydrogen) atoms. The van der Waals surface area contributed by atoms with Gasteiger partial charge in [-0.15, -0.1) is 24.0 Å². The first-order valence-corrected chi connectivity index (χ1v) is 9.94. The van der Waals surface area contributed by atoms with Gasteiger partial charge in [0, 0.05) is 37.7 Å².